The molecule has 1 saturated heterocycles. The molecule has 1 aliphatic rings. The minimum Gasteiger partial charge on any atom is -0.460 e. The third-order valence-corrected chi connectivity index (χ3v) is 6.42. The van der Waals surface area contributed by atoms with Gasteiger partial charge in [0.2, 0.25) is 0 Å². The van der Waals surface area contributed by atoms with Crippen molar-refractivity contribution in [3.8, 4) is 0 Å². The van der Waals surface area contributed by atoms with Crippen molar-refractivity contribution in [3.05, 3.63) is 58.4 Å². The molecule has 0 unspecified atom stereocenters. The van der Waals surface area contributed by atoms with Crippen molar-refractivity contribution in [1.82, 2.24) is 4.57 Å². The molecule has 2 aromatic rings. The summed E-state index contributed by atoms with van der Waals surface area (Å²) >= 11 is 0. The predicted octanol–water partition coefficient (Wildman–Crippen LogP) is 5.80. The van der Waals surface area contributed by atoms with Gasteiger partial charge in [0.25, 0.3) is 0 Å². The molecule has 198 valence electrons. The van der Waals surface area contributed by atoms with Crippen molar-refractivity contribution in [3.63, 3.8) is 0 Å². The maximum Gasteiger partial charge on any atom is 0.340 e. The molecule has 3 rings (SSSR count). The van der Waals surface area contributed by atoms with E-state index in [0.717, 1.165) is 28.9 Å². The zero-order valence-corrected chi connectivity index (χ0v) is 23.0. The lowest BCUT2D eigenvalue weighted by Crippen LogP contribution is -2.46. The number of carbonyl (C=O) groups excluding carboxylic acids is 2. The van der Waals surface area contributed by atoms with Crippen LogP contribution in [0, 0.1) is 20.8 Å². The van der Waals surface area contributed by atoms with Crippen LogP contribution in [0.15, 0.2) is 30.3 Å². The fourth-order valence-electron chi connectivity index (χ4n) is 4.84. The summed E-state index contributed by atoms with van der Waals surface area (Å²) in [5.41, 5.74) is 3.91. The summed E-state index contributed by atoms with van der Waals surface area (Å²) in [7, 11) is 0. The molecule has 0 N–H and O–H groups in total. The van der Waals surface area contributed by atoms with Crippen molar-refractivity contribution >= 4 is 11.9 Å². The number of hydrogen-bond acceptors (Lipinski definition) is 6. The molecular weight excluding hydrogens is 458 g/mol. The topological polar surface area (TPSA) is 76.0 Å². The van der Waals surface area contributed by atoms with Gasteiger partial charge in [-0.3, -0.25) is 4.79 Å². The lowest BCUT2D eigenvalue weighted by molar-refractivity contribution is -0.301. The third kappa shape index (κ3) is 7.43. The summed E-state index contributed by atoms with van der Waals surface area (Å²) in [6, 6.07) is 9.67. The number of ether oxygens (including phenoxy) is 4. The maximum atomic E-state index is 12.9. The van der Waals surface area contributed by atoms with Crippen LogP contribution in [0.4, 0.5) is 0 Å². The molecule has 1 aromatic heterocycles. The molecule has 7 nitrogen and oxygen atoms in total. The highest BCUT2D eigenvalue weighted by molar-refractivity contribution is 5.93. The number of rotatable bonds is 8. The Hall–Kier alpha value is -2.64. The Morgan fingerprint density at radius 2 is 1.67 bits per heavy atom. The summed E-state index contributed by atoms with van der Waals surface area (Å²) in [5, 5.41) is 0. The number of carbonyl (C=O) groups is 2. The molecule has 7 heteroatoms. The number of nitrogens with zero attached hydrogens (tertiary/aromatic N) is 1. The predicted molar refractivity (Wildman–Crippen MR) is 138 cm³/mol. The van der Waals surface area contributed by atoms with Crippen LogP contribution in [0.25, 0.3) is 0 Å². The van der Waals surface area contributed by atoms with Crippen LogP contribution < -0.4 is 0 Å². The fourth-order valence-corrected chi connectivity index (χ4v) is 4.84. The minimum atomic E-state index is -0.793. The summed E-state index contributed by atoms with van der Waals surface area (Å²) in [5.74, 6) is -1.37. The Morgan fingerprint density at radius 3 is 2.31 bits per heavy atom. The van der Waals surface area contributed by atoms with Crippen molar-refractivity contribution in [2.45, 2.75) is 111 Å². The monoisotopic (exact) mass is 499 g/mol. The van der Waals surface area contributed by atoms with Crippen molar-refractivity contribution < 1.29 is 28.5 Å². The van der Waals surface area contributed by atoms with E-state index in [9.17, 15) is 9.59 Å². The first kappa shape index (κ1) is 27.9. The Balaban J connectivity index is 1.65. The van der Waals surface area contributed by atoms with Crippen LogP contribution in [0.2, 0.25) is 0 Å². The summed E-state index contributed by atoms with van der Waals surface area (Å²) in [4.78, 5) is 25.3. The second-order valence-corrected chi connectivity index (χ2v) is 11.1. The quantitative estimate of drug-likeness (QED) is 0.427. The zero-order chi connectivity index (χ0) is 26.7. The molecule has 1 aromatic carbocycles. The molecule has 0 aliphatic carbocycles. The highest BCUT2D eigenvalue weighted by atomic mass is 16.7. The van der Waals surface area contributed by atoms with E-state index >= 15 is 0 Å². The minimum absolute atomic E-state index is 0.0869. The Labute approximate surface area is 215 Å². The van der Waals surface area contributed by atoms with Gasteiger partial charge in [-0.1, -0.05) is 30.3 Å². The molecule has 0 amide bonds. The van der Waals surface area contributed by atoms with Gasteiger partial charge in [0, 0.05) is 24.4 Å². The van der Waals surface area contributed by atoms with E-state index in [2.05, 4.69) is 4.57 Å². The molecule has 2 atom stereocenters. The van der Waals surface area contributed by atoms with Gasteiger partial charge in [0.1, 0.15) is 12.2 Å². The highest BCUT2D eigenvalue weighted by Gasteiger charge is 2.37. The summed E-state index contributed by atoms with van der Waals surface area (Å²) < 4.78 is 25.4. The molecule has 0 saturated carbocycles. The van der Waals surface area contributed by atoms with E-state index in [-0.39, 0.29) is 37.2 Å². The summed E-state index contributed by atoms with van der Waals surface area (Å²) in [6.07, 6.45) is 1.17. The lowest BCUT2D eigenvalue weighted by Gasteiger charge is -2.41. The van der Waals surface area contributed by atoms with Gasteiger partial charge in [0.05, 0.1) is 24.2 Å². The molecule has 36 heavy (non-hydrogen) atoms. The van der Waals surface area contributed by atoms with E-state index in [1.807, 2.05) is 85.7 Å². The average Bonchev–Trinajstić information content (AvgIpc) is 2.96. The average molecular weight is 500 g/mol. The van der Waals surface area contributed by atoms with E-state index in [1.54, 1.807) is 0 Å². The fraction of sp³-hybridized carbons (Fsp3) is 0.586. The normalized spacial score (nSPS) is 19.7. The first-order chi connectivity index (χ1) is 16.8. The third-order valence-electron chi connectivity index (χ3n) is 6.42. The van der Waals surface area contributed by atoms with Crippen LogP contribution >= 0.6 is 0 Å². The smallest absolute Gasteiger partial charge is 0.340 e. The van der Waals surface area contributed by atoms with E-state index in [4.69, 9.17) is 18.9 Å². The number of aromatic nitrogens is 1. The first-order valence-electron chi connectivity index (χ1n) is 12.7. The Bertz CT molecular complexity index is 1060. The van der Waals surface area contributed by atoms with Gasteiger partial charge < -0.3 is 23.5 Å². The van der Waals surface area contributed by atoms with Gasteiger partial charge in [-0.15, -0.1) is 0 Å². The molecule has 1 fully saturated rings. The van der Waals surface area contributed by atoms with E-state index in [1.165, 1.54) is 0 Å². The number of hydrogen-bond donors (Lipinski definition) is 0. The standard InChI is InChI=1S/C29H41NO6/c1-19-20(2)30(21(3)26(19)27(32)33-18-22-12-10-9-11-13-22)15-14-23-16-24(35-29(7,8)34-23)17-25(31)36-28(4,5)6/h9-13,23-24H,14-18H2,1-8H3/t23-,24-/m1/s1. The second-order valence-electron chi connectivity index (χ2n) is 11.1. The molecule has 2 heterocycles. The molecular formula is C29H41NO6. The van der Waals surface area contributed by atoms with Gasteiger partial charge in [-0.2, -0.15) is 0 Å². The Kier molecular flexibility index (Phi) is 8.67. The van der Waals surface area contributed by atoms with E-state index in [0.29, 0.717) is 18.5 Å². The molecule has 0 radical (unpaired) electrons. The Morgan fingerprint density at radius 1 is 1.03 bits per heavy atom. The number of esters is 2. The first-order valence-corrected chi connectivity index (χ1v) is 12.7. The zero-order valence-electron chi connectivity index (χ0n) is 23.0. The second kappa shape index (κ2) is 11.2. The van der Waals surface area contributed by atoms with Crippen molar-refractivity contribution in [1.29, 1.82) is 0 Å². The van der Waals surface area contributed by atoms with Gasteiger partial charge in [-0.25, -0.2) is 4.79 Å². The van der Waals surface area contributed by atoms with Crippen LogP contribution in [-0.2, 0) is 36.9 Å². The molecule has 0 spiro atoms. The number of benzene rings is 1. The largest absolute Gasteiger partial charge is 0.460 e. The lowest BCUT2D eigenvalue weighted by atomic mass is 10.0. The highest BCUT2D eigenvalue weighted by Crippen LogP contribution is 2.31. The van der Waals surface area contributed by atoms with Crippen LogP contribution in [0.3, 0.4) is 0 Å². The van der Waals surface area contributed by atoms with E-state index < -0.39 is 11.4 Å². The van der Waals surface area contributed by atoms with Gasteiger partial charge >= 0.3 is 11.9 Å². The van der Waals surface area contributed by atoms with Crippen LogP contribution in [0.5, 0.6) is 0 Å². The van der Waals surface area contributed by atoms with Crippen molar-refractivity contribution in [2.75, 3.05) is 0 Å². The summed E-state index contributed by atoms with van der Waals surface area (Å²) in [6.45, 7) is 16.2. The molecule has 1 aliphatic heterocycles. The van der Waals surface area contributed by atoms with Gasteiger partial charge in [0.15, 0.2) is 5.79 Å². The SMILES string of the molecule is Cc1c(C(=O)OCc2ccccc2)c(C)n(CC[C@@H]2C[C@H](CC(=O)OC(C)(C)C)OC(C)(C)O2)c1C. The van der Waals surface area contributed by atoms with Crippen LogP contribution in [-0.4, -0.2) is 40.1 Å². The van der Waals surface area contributed by atoms with Crippen molar-refractivity contribution in [2.24, 2.45) is 0 Å². The van der Waals surface area contributed by atoms with Crippen LogP contribution in [0.1, 0.15) is 86.8 Å². The maximum absolute atomic E-state index is 12.9. The molecule has 0 bridgehead atoms. The van der Waals surface area contributed by atoms with Gasteiger partial charge in [-0.05, 0) is 72.9 Å².